The maximum absolute atomic E-state index is 14.1. The number of ether oxygens (including phenoxy) is 4. The molecule has 0 fully saturated rings. The van der Waals surface area contributed by atoms with Crippen molar-refractivity contribution in [2.24, 2.45) is 0 Å². The normalized spacial score (nSPS) is 12.4. The minimum Gasteiger partial charge on any atom is -0.495 e. The van der Waals surface area contributed by atoms with Crippen LogP contribution in [0.1, 0.15) is 22.4 Å². The van der Waals surface area contributed by atoms with E-state index in [0.29, 0.717) is 22.6 Å². The Bertz CT molecular complexity index is 2290. The van der Waals surface area contributed by atoms with Crippen molar-refractivity contribution in [1.29, 1.82) is 0 Å². The van der Waals surface area contributed by atoms with E-state index in [0.717, 1.165) is 9.54 Å². The lowest BCUT2D eigenvalue weighted by Crippen LogP contribution is -2.20. The molecule has 0 bridgehead atoms. The average Bonchev–Trinajstić information content (AvgIpc) is 3.49. The van der Waals surface area contributed by atoms with Crippen LogP contribution in [0, 0.1) is 20.8 Å². The minimum atomic E-state index is -4.40. The fourth-order valence-corrected chi connectivity index (χ4v) is 9.06. The Morgan fingerprint density at radius 1 is 0.860 bits per heavy atom. The Morgan fingerprint density at radius 3 is 2.20 bits per heavy atom. The van der Waals surface area contributed by atoms with Gasteiger partial charge in [0.05, 0.1) is 52.0 Å². The molecule has 3 heterocycles. The number of aromatic nitrogens is 4. The monoisotopic (exact) mass is 742 g/mol. The number of benzene rings is 2. The van der Waals surface area contributed by atoms with E-state index in [1.807, 2.05) is 6.92 Å². The maximum Gasteiger partial charge on any atom is 0.344 e. The Morgan fingerprint density at radius 2 is 1.54 bits per heavy atom. The molecule has 0 N–H and O–H groups in total. The molecular weight excluding hydrogens is 709 g/mol. The van der Waals surface area contributed by atoms with Gasteiger partial charge in [-0.05, 0) is 74.4 Å². The van der Waals surface area contributed by atoms with E-state index in [4.69, 9.17) is 18.9 Å². The first-order valence-electron chi connectivity index (χ1n) is 15.0. The first-order chi connectivity index (χ1) is 23.7. The molecule has 1 atom stereocenters. The van der Waals surface area contributed by atoms with Crippen molar-refractivity contribution >= 4 is 47.8 Å². The number of imidazole rings is 1. The van der Waals surface area contributed by atoms with Gasteiger partial charge in [0.25, 0.3) is 10.0 Å². The van der Waals surface area contributed by atoms with E-state index in [1.54, 1.807) is 32.2 Å². The summed E-state index contributed by atoms with van der Waals surface area (Å²) in [7, 11) is -7.12. The molecule has 3 aromatic heterocycles. The predicted molar refractivity (Wildman–Crippen MR) is 183 cm³/mol. The number of aryl methyl sites for hydroxylation is 2. The van der Waals surface area contributed by atoms with E-state index in [2.05, 4.69) is 15.0 Å². The fourth-order valence-electron chi connectivity index (χ4n) is 4.92. The predicted octanol–water partition coefficient (Wildman–Crippen LogP) is 3.71. The average molecular weight is 743 g/mol. The van der Waals surface area contributed by atoms with Gasteiger partial charge in [-0.3, -0.25) is 9.19 Å². The third-order valence-electron chi connectivity index (χ3n) is 7.61. The van der Waals surface area contributed by atoms with E-state index < -0.39 is 49.0 Å². The van der Waals surface area contributed by atoms with Crippen molar-refractivity contribution in [1.82, 2.24) is 18.9 Å². The van der Waals surface area contributed by atoms with Crippen LogP contribution in [0.3, 0.4) is 0 Å². The number of carbonyl (C=O) groups excluding carboxylic acids is 1. The SMILES string of the molecule is COc1ccc2c(n1)nc(S(=O)Cc1cnc(C)c(OC)c1C)n2S(=O)(=O)c1ccc(OCC(=O)OCCS(=O)(=O)c2ccc(C)cc2)cc1. The highest BCUT2D eigenvalue weighted by atomic mass is 32.2. The molecule has 0 radical (unpaired) electrons. The zero-order chi connectivity index (χ0) is 36.2. The second-order valence-corrected chi connectivity index (χ2v) is 16.2. The van der Waals surface area contributed by atoms with Gasteiger partial charge in [-0.2, -0.15) is 9.97 Å². The first-order valence-corrected chi connectivity index (χ1v) is 19.4. The van der Waals surface area contributed by atoms with Gasteiger partial charge in [0.2, 0.25) is 11.0 Å². The molecule has 0 aliphatic rings. The van der Waals surface area contributed by atoms with Crippen LogP contribution in [-0.2, 0) is 45.9 Å². The number of hydrogen-bond acceptors (Lipinski definition) is 13. The molecule has 0 aliphatic heterocycles. The highest BCUT2D eigenvalue weighted by molar-refractivity contribution is 7.91. The lowest BCUT2D eigenvalue weighted by molar-refractivity contribution is -0.145. The summed E-state index contributed by atoms with van der Waals surface area (Å²) in [6, 6.07) is 14.5. The fraction of sp³-hybridized carbons (Fsp3) is 0.273. The molecule has 0 spiro atoms. The molecule has 14 nitrogen and oxygen atoms in total. The third kappa shape index (κ3) is 7.79. The van der Waals surface area contributed by atoms with Gasteiger partial charge >= 0.3 is 5.97 Å². The molecule has 1 unspecified atom stereocenters. The molecule has 2 aromatic carbocycles. The molecule has 0 saturated carbocycles. The zero-order valence-electron chi connectivity index (χ0n) is 27.8. The van der Waals surface area contributed by atoms with Crippen molar-refractivity contribution in [3.63, 3.8) is 0 Å². The van der Waals surface area contributed by atoms with Gasteiger partial charge in [-0.1, -0.05) is 17.7 Å². The van der Waals surface area contributed by atoms with Crippen LogP contribution in [-0.4, -0.2) is 79.1 Å². The van der Waals surface area contributed by atoms with Crippen molar-refractivity contribution in [2.75, 3.05) is 33.2 Å². The number of nitrogens with zero attached hydrogens (tertiary/aromatic N) is 4. The summed E-state index contributed by atoms with van der Waals surface area (Å²) < 4.78 is 88.9. The van der Waals surface area contributed by atoms with Gasteiger partial charge < -0.3 is 18.9 Å². The standard InChI is InChI=1S/C33H34N4O10S3/c1-21-6-10-26(11-7-21)49(40,41)17-16-46-30(38)19-47-25-8-12-27(13-9-25)50(42,43)37-28-14-15-29(44-4)35-32(28)36-33(37)48(39)20-24-18-34-23(3)31(45-5)22(24)2/h6-15,18H,16-17,19-20H2,1-5H3. The summed E-state index contributed by atoms with van der Waals surface area (Å²) >= 11 is 0. The van der Waals surface area contributed by atoms with Gasteiger partial charge in [0.15, 0.2) is 22.1 Å². The number of carbonyl (C=O) groups is 1. The number of rotatable bonds is 14. The lowest BCUT2D eigenvalue weighted by Gasteiger charge is -2.13. The van der Waals surface area contributed by atoms with Crippen LogP contribution in [0.5, 0.6) is 17.4 Å². The van der Waals surface area contributed by atoms with Crippen LogP contribution in [0.2, 0.25) is 0 Å². The van der Waals surface area contributed by atoms with Crippen molar-refractivity contribution in [3.05, 3.63) is 89.2 Å². The van der Waals surface area contributed by atoms with Crippen LogP contribution in [0.25, 0.3) is 11.2 Å². The molecule has 0 saturated heterocycles. The van der Waals surface area contributed by atoms with E-state index in [-0.39, 0.29) is 50.1 Å². The number of fused-ring (bicyclic) bond motifs is 1. The summed E-state index contributed by atoms with van der Waals surface area (Å²) in [5, 5.41) is -0.257. The molecule has 50 heavy (non-hydrogen) atoms. The Balaban J connectivity index is 1.32. The molecule has 5 rings (SSSR count). The van der Waals surface area contributed by atoms with E-state index >= 15 is 0 Å². The summed E-state index contributed by atoms with van der Waals surface area (Å²) in [6.07, 6.45) is 1.57. The number of pyridine rings is 2. The number of hydrogen-bond donors (Lipinski definition) is 0. The van der Waals surface area contributed by atoms with E-state index in [9.17, 15) is 25.8 Å². The summed E-state index contributed by atoms with van der Waals surface area (Å²) in [4.78, 5) is 25.1. The summed E-state index contributed by atoms with van der Waals surface area (Å²) in [5.41, 5.74) is 2.96. The molecular formula is C33H34N4O10S3. The largest absolute Gasteiger partial charge is 0.495 e. The second-order valence-electron chi connectivity index (χ2n) is 11.0. The first kappa shape index (κ1) is 36.4. The van der Waals surface area contributed by atoms with Crippen molar-refractivity contribution in [2.45, 2.75) is 41.5 Å². The Hall–Kier alpha value is -4.87. The topological polar surface area (TPSA) is 183 Å². The zero-order valence-corrected chi connectivity index (χ0v) is 30.2. The number of sulfone groups is 1. The van der Waals surface area contributed by atoms with Crippen molar-refractivity contribution in [3.8, 4) is 17.4 Å². The highest BCUT2D eigenvalue weighted by Gasteiger charge is 2.29. The quantitative estimate of drug-likeness (QED) is 0.150. The third-order valence-corrected chi connectivity index (χ3v) is 12.4. The highest BCUT2D eigenvalue weighted by Crippen LogP contribution is 2.30. The molecule has 0 amide bonds. The Kier molecular flexibility index (Phi) is 10.9. The van der Waals surface area contributed by atoms with Crippen LogP contribution < -0.4 is 14.2 Å². The Labute approximate surface area is 291 Å². The summed E-state index contributed by atoms with van der Waals surface area (Å²) in [5.74, 6) is -0.441. The number of esters is 1. The maximum atomic E-state index is 14.1. The van der Waals surface area contributed by atoms with Gasteiger partial charge in [0.1, 0.15) is 23.6 Å². The molecule has 17 heteroatoms. The van der Waals surface area contributed by atoms with Crippen molar-refractivity contribution < 1.29 is 44.8 Å². The summed E-state index contributed by atoms with van der Waals surface area (Å²) in [6.45, 7) is 4.51. The van der Waals surface area contributed by atoms with Gasteiger partial charge in [-0.15, -0.1) is 0 Å². The smallest absolute Gasteiger partial charge is 0.344 e. The number of methoxy groups -OCH3 is 2. The van der Waals surface area contributed by atoms with Crippen LogP contribution in [0.15, 0.2) is 81.8 Å². The van der Waals surface area contributed by atoms with E-state index in [1.165, 1.54) is 62.8 Å². The van der Waals surface area contributed by atoms with Gasteiger partial charge in [-0.25, -0.2) is 25.6 Å². The molecule has 0 aliphatic carbocycles. The molecule has 264 valence electrons. The minimum absolute atomic E-state index is 0.0118. The second kappa shape index (κ2) is 14.9. The van der Waals surface area contributed by atoms with Crippen LogP contribution >= 0.6 is 0 Å². The van der Waals surface area contributed by atoms with Crippen LogP contribution in [0.4, 0.5) is 0 Å². The van der Waals surface area contributed by atoms with Gasteiger partial charge in [0, 0.05) is 12.3 Å². The molecule has 5 aromatic rings. The lowest BCUT2D eigenvalue weighted by atomic mass is 10.1.